The number of nitrogens with zero attached hydrogens (tertiary/aromatic N) is 1. The Balaban J connectivity index is 1.52. The number of amides is 2. The van der Waals surface area contributed by atoms with Crippen LogP contribution < -0.4 is 20.3 Å². The van der Waals surface area contributed by atoms with Gasteiger partial charge in [-0.25, -0.2) is 0 Å². The molecule has 1 atom stereocenters. The standard InChI is InChI=1S/C21H21N3O4/c1-14(28-17-10-9-15-6-3-4-7-16(15)12-17)21(26)24-23-20(25)13-18-19(27-2)8-5-11-22-18/h3-12,14H,13H2,1-2H3,(H,23,25)(H,24,26)/t14-/m0/s1. The normalized spacial score (nSPS) is 11.5. The molecule has 0 saturated carbocycles. The Morgan fingerprint density at radius 3 is 2.61 bits per heavy atom. The molecular weight excluding hydrogens is 358 g/mol. The first-order valence-electron chi connectivity index (χ1n) is 8.79. The van der Waals surface area contributed by atoms with Gasteiger partial charge < -0.3 is 9.47 Å². The molecule has 3 aromatic rings. The summed E-state index contributed by atoms with van der Waals surface area (Å²) < 4.78 is 10.8. The minimum atomic E-state index is -0.786. The van der Waals surface area contributed by atoms with Crippen LogP contribution in [0.3, 0.4) is 0 Å². The second-order valence-corrected chi connectivity index (χ2v) is 6.14. The molecule has 0 fully saturated rings. The smallest absolute Gasteiger partial charge is 0.279 e. The van der Waals surface area contributed by atoms with Crippen molar-refractivity contribution >= 4 is 22.6 Å². The number of carbonyl (C=O) groups excluding carboxylic acids is 2. The molecule has 144 valence electrons. The van der Waals surface area contributed by atoms with E-state index in [4.69, 9.17) is 9.47 Å². The summed E-state index contributed by atoms with van der Waals surface area (Å²) in [5.74, 6) is 0.209. The number of pyridine rings is 1. The van der Waals surface area contributed by atoms with Gasteiger partial charge in [-0.1, -0.05) is 30.3 Å². The third kappa shape index (κ3) is 4.76. The highest BCUT2D eigenvalue weighted by Crippen LogP contribution is 2.21. The van der Waals surface area contributed by atoms with Crippen molar-refractivity contribution in [2.24, 2.45) is 0 Å². The SMILES string of the molecule is COc1cccnc1CC(=O)NNC(=O)[C@H](C)Oc1ccc2ccccc2c1. The predicted molar refractivity (Wildman–Crippen MR) is 105 cm³/mol. The van der Waals surface area contributed by atoms with Gasteiger partial charge in [0.15, 0.2) is 6.10 Å². The van der Waals surface area contributed by atoms with Crippen LogP contribution in [0.15, 0.2) is 60.8 Å². The van der Waals surface area contributed by atoms with E-state index >= 15 is 0 Å². The lowest BCUT2D eigenvalue weighted by atomic mass is 10.1. The Morgan fingerprint density at radius 2 is 1.82 bits per heavy atom. The fraction of sp³-hybridized carbons (Fsp3) is 0.190. The van der Waals surface area contributed by atoms with Crippen LogP contribution in [0, 0.1) is 0 Å². The Hall–Kier alpha value is -3.61. The Bertz CT molecular complexity index is 990. The fourth-order valence-electron chi connectivity index (χ4n) is 2.67. The largest absolute Gasteiger partial charge is 0.495 e. The Kier molecular flexibility index (Phi) is 6.06. The molecule has 28 heavy (non-hydrogen) atoms. The second kappa shape index (κ2) is 8.85. The first-order valence-corrected chi connectivity index (χ1v) is 8.79. The molecule has 0 spiro atoms. The van der Waals surface area contributed by atoms with Gasteiger partial charge in [-0.3, -0.25) is 25.4 Å². The van der Waals surface area contributed by atoms with Crippen LogP contribution in [-0.2, 0) is 16.0 Å². The second-order valence-electron chi connectivity index (χ2n) is 6.14. The van der Waals surface area contributed by atoms with Gasteiger partial charge >= 0.3 is 0 Å². The Labute approximate surface area is 162 Å². The van der Waals surface area contributed by atoms with Crippen molar-refractivity contribution in [3.05, 3.63) is 66.5 Å². The number of methoxy groups -OCH3 is 1. The molecule has 0 unspecified atom stereocenters. The van der Waals surface area contributed by atoms with Gasteiger partial charge in [-0.05, 0) is 42.0 Å². The highest BCUT2D eigenvalue weighted by molar-refractivity contribution is 5.86. The highest BCUT2D eigenvalue weighted by atomic mass is 16.5. The summed E-state index contributed by atoms with van der Waals surface area (Å²) in [6.07, 6.45) is 0.763. The van der Waals surface area contributed by atoms with E-state index in [0.29, 0.717) is 17.2 Å². The maximum Gasteiger partial charge on any atom is 0.279 e. The number of benzene rings is 2. The molecule has 2 amide bonds. The molecule has 0 aliphatic rings. The number of hydrazine groups is 1. The van der Waals surface area contributed by atoms with Gasteiger partial charge in [-0.15, -0.1) is 0 Å². The van der Waals surface area contributed by atoms with E-state index in [-0.39, 0.29) is 6.42 Å². The maximum absolute atomic E-state index is 12.2. The quantitative estimate of drug-likeness (QED) is 0.642. The van der Waals surface area contributed by atoms with Crippen LogP contribution >= 0.6 is 0 Å². The van der Waals surface area contributed by atoms with Gasteiger partial charge in [0.05, 0.1) is 19.2 Å². The summed E-state index contributed by atoms with van der Waals surface area (Å²) in [6.45, 7) is 1.61. The number of aromatic nitrogens is 1. The van der Waals surface area contributed by atoms with E-state index in [2.05, 4.69) is 15.8 Å². The van der Waals surface area contributed by atoms with E-state index in [1.54, 1.807) is 31.3 Å². The number of hydrogen-bond acceptors (Lipinski definition) is 5. The lowest BCUT2D eigenvalue weighted by Gasteiger charge is -2.15. The molecule has 7 nitrogen and oxygen atoms in total. The number of ether oxygens (including phenoxy) is 2. The van der Waals surface area contributed by atoms with Gasteiger partial charge in [0, 0.05) is 6.20 Å². The molecule has 0 radical (unpaired) electrons. The molecule has 7 heteroatoms. The molecule has 0 aliphatic carbocycles. The zero-order valence-electron chi connectivity index (χ0n) is 15.6. The minimum absolute atomic E-state index is 0.0236. The van der Waals surface area contributed by atoms with Crippen LogP contribution in [0.2, 0.25) is 0 Å². The van der Waals surface area contributed by atoms with E-state index in [1.165, 1.54) is 7.11 Å². The summed E-state index contributed by atoms with van der Waals surface area (Å²) in [6, 6.07) is 16.9. The third-order valence-electron chi connectivity index (χ3n) is 4.12. The average Bonchev–Trinajstić information content (AvgIpc) is 2.72. The van der Waals surface area contributed by atoms with E-state index in [1.807, 2.05) is 36.4 Å². The summed E-state index contributed by atoms with van der Waals surface area (Å²) in [7, 11) is 1.51. The van der Waals surface area contributed by atoms with Crippen molar-refractivity contribution in [1.82, 2.24) is 15.8 Å². The van der Waals surface area contributed by atoms with E-state index in [0.717, 1.165) is 10.8 Å². The molecule has 0 saturated heterocycles. The monoisotopic (exact) mass is 379 g/mol. The van der Waals surface area contributed by atoms with Crippen LogP contribution in [-0.4, -0.2) is 30.0 Å². The van der Waals surface area contributed by atoms with Crippen LogP contribution in [0.4, 0.5) is 0 Å². The summed E-state index contributed by atoms with van der Waals surface area (Å²) >= 11 is 0. The zero-order chi connectivity index (χ0) is 19.9. The lowest BCUT2D eigenvalue weighted by Crippen LogP contribution is -2.47. The number of rotatable bonds is 6. The molecule has 3 rings (SSSR count). The van der Waals surface area contributed by atoms with E-state index in [9.17, 15) is 9.59 Å². The van der Waals surface area contributed by atoms with Crippen molar-refractivity contribution in [3.8, 4) is 11.5 Å². The molecule has 0 bridgehead atoms. The zero-order valence-corrected chi connectivity index (χ0v) is 15.6. The molecule has 0 aliphatic heterocycles. The molecule has 1 heterocycles. The fourth-order valence-corrected chi connectivity index (χ4v) is 2.67. The van der Waals surface area contributed by atoms with Crippen molar-refractivity contribution in [3.63, 3.8) is 0 Å². The van der Waals surface area contributed by atoms with Crippen LogP contribution in [0.1, 0.15) is 12.6 Å². The molecule has 2 aromatic carbocycles. The number of nitrogens with one attached hydrogen (secondary N) is 2. The first-order chi connectivity index (χ1) is 13.6. The summed E-state index contributed by atoms with van der Waals surface area (Å²) in [5.41, 5.74) is 5.21. The van der Waals surface area contributed by atoms with Gasteiger partial charge in [0.1, 0.15) is 11.5 Å². The number of carbonyl (C=O) groups is 2. The van der Waals surface area contributed by atoms with Gasteiger partial charge in [0.25, 0.3) is 5.91 Å². The van der Waals surface area contributed by atoms with Crippen molar-refractivity contribution in [1.29, 1.82) is 0 Å². The maximum atomic E-state index is 12.2. The van der Waals surface area contributed by atoms with Crippen LogP contribution in [0.5, 0.6) is 11.5 Å². The van der Waals surface area contributed by atoms with Gasteiger partial charge in [0.2, 0.25) is 5.91 Å². The van der Waals surface area contributed by atoms with Crippen molar-refractivity contribution in [2.45, 2.75) is 19.4 Å². The predicted octanol–water partition coefficient (Wildman–Crippen LogP) is 2.40. The average molecular weight is 379 g/mol. The minimum Gasteiger partial charge on any atom is -0.495 e. The molecule has 2 N–H and O–H groups in total. The summed E-state index contributed by atoms with van der Waals surface area (Å²) in [5, 5.41) is 2.11. The van der Waals surface area contributed by atoms with Crippen LogP contribution in [0.25, 0.3) is 10.8 Å². The molecular formula is C21H21N3O4. The topological polar surface area (TPSA) is 89.5 Å². The van der Waals surface area contributed by atoms with Crippen molar-refractivity contribution < 1.29 is 19.1 Å². The van der Waals surface area contributed by atoms with Gasteiger partial charge in [-0.2, -0.15) is 0 Å². The summed E-state index contributed by atoms with van der Waals surface area (Å²) in [4.78, 5) is 28.4. The van der Waals surface area contributed by atoms with E-state index < -0.39 is 17.9 Å². The highest BCUT2D eigenvalue weighted by Gasteiger charge is 2.16. The molecule has 1 aromatic heterocycles. The first kappa shape index (κ1) is 19.2. The number of fused-ring (bicyclic) bond motifs is 1. The number of hydrogen-bond donors (Lipinski definition) is 2. The Morgan fingerprint density at radius 1 is 1.04 bits per heavy atom. The van der Waals surface area contributed by atoms with Crippen molar-refractivity contribution in [2.75, 3.05) is 7.11 Å². The lowest BCUT2D eigenvalue weighted by molar-refractivity contribution is -0.132. The third-order valence-corrected chi connectivity index (χ3v) is 4.12.